The monoisotopic (exact) mass is 199 g/mol. The van der Waals surface area contributed by atoms with E-state index in [2.05, 4.69) is 9.72 Å². The zero-order valence-corrected chi connectivity index (χ0v) is 7.87. The van der Waals surface area contributed by atoms with Gasteiger partial charge in [-0.1, -0.05) is 6.08 Å². The number of esters is 1. The van der Waals surface area contributed by atoms with Crippen molar-refractivity contribution in [2.75, 3.05) is 13.7 Å². The lowest BCUT2D eigenvalue weighted by atomic mass is 10.5. The summed E-state index contributed by atoms with van der Waals surface area (Å²) >= 11 is 1.32. The van der Waals surface area contributed by atoms with Crippen LogP contribution in [0.1, 0.15) is 15.5 Å². The molecule has 70 valence electrons. The molecule has 1 rings (SSSR count). The standard InChI is InChI=1S/C8H9NO3S/c1-12-8(11)6-5-13-7(9-6)3-2-4-10/h2-3,5,10H,4H2,1H3. The lowest BCUT2D eigenvalue weighted by Crippen LogP contribution is -2.00. The highest BCUT2D eigenvalue weighted by atomic mass is 32.1. The fourth-order valence-electron chi connectivity index (χ4n) is 0.716. The molecule has 0 aromatic carbocycles. The number of ether oxygens (including phenoxy) is 1. The minimum atomic E-state index is -0.445. The van der Waals surface area contributed by atoms with Gasteiger partial charge in [-0.2, -0.15) is 0 Å². The number of aliphatic hydroxyl groups excluding tert-OH is 1. The maximum Gasteiger partial charge on any atom is 0.357 e. The van der Waals surface area contributed by atoms with Gasteiger partial charge in [0.25, 0.3) is 0 Å². The molecule has 4 nitrogen and oxygen atoms in total. The molecule has 1 heterocycles. The lowest BCUT2D eigenvalue weighted by Gasteiger charge is -1.90. The quantitative estimate of drug-likeness (QED) is 0.736. The van der Waals surface area contributed by atoms with Gasteiger partial charge in [0.05, 0.1) is 13.7 Å². The number of rotatable bonds is 3. The molecule has 0 unspecified atom stereocenters. The van der Waals surface area contributed by atoms with Crippen molar-refractivity contribution < 1.29 is 14.6 Å². The van der Waals surface area contributed by atoms with E-state index in [1.54, 1.807) is 17.5 Å². The molecule has 0 saturated carbocycles. The van der Waals surface area contributed by atoms with E-state index >= 15 is 0 Å². The van der Waals surface area contributed by atoms with Crippen LogP contribution in [0.5, 0.6) is 0 Å². The summed E-state index contributed by atoms with van der Waals surface area (Å²) in [5, 5.41) is 10.8. The number of nitrogens with zero attached hydrogens (tertiary/aromatic N) is 1. The van der Waals surface area contributed by atoms with Gasteiger partial charge in [0, 0.05) is 5.38 Å². The van der Waals surface area contributed by atoms with Gasteiger partial charge in [-0.25, -0.2) is 9.78 Å². The first-order valence-corrected chi connectivity index (χ1v) is 4.47. The molecule has 0 amide bonds. The van der Waals surface area contributed by atoms with Crippen LogP contribution in [0.4, 0.5) is 0 Å². The molecule has 0 aliphatic carbocycles. The van der Waals surface area contributed by atoms with Crippen LogP contribution in [0.25, 0.3) is 6.08 Å². The smallest absolute Gasteiger partial charge is 0.357 e. The van der Waals surface area contributed by atoms with Gasteiger partial charge in [-0.15, -0.1) is 11.3 Å². The van der Waals surface area contributed by atoms with Crippen LogP contribution in [-0.2, 0) is 4.74 Å². The number of aliphatic hydroxyl groups is 1. The molecule has 1 N–H and O–H groups in total. The third kappa shape index (κ3) is 2.64. The summed E-state index contributed by atoms with van der Waals surface area (Å²) in [5.74, 6) is -0.445. The van der Waals surface area contributed by atoms with Crippen LogP contribution in [0.3, 0.4) is 0 Å². The molecular formula is C8H9NO3S. The molecule has 0 fully saturated rings. The molecule has 0 aliphatic heterocycles. The van der Waals surface area contributed by atoms with Crippen molar-refractivity contribution >= 4 is 23.4 Å². The fourth-order valence-corrected chi connectivity index (χ4v) is 1.42. The molecule has 13 heavy (non-hydrogen) atoms. The summed E-state index contributed by atoms with van der Waals surface area (Å²) < 4.78 is 4.49. The Kier molecular flexibility index (Phi) is 3.60. The second kappa shape index (κ2) is 4.74. The van der Waals surface area contributed by atoms with Crippen molar-refractivity contribution in [2.45, 2.75) is 0 Å². The van der Waals surface area contributed by atoms with Gasteiger partial charge in [0.15, 0.2) is 5.69 Å². The first-order valence-electron chi connectivity index (χ1n) is 3.59. The van der Waals surface area contributed by atoms with Crippen molar-refractivity contribution in [1.29, 1.82) is 0 Å². The SMILES string of the molecule is COC(=O)c1csc(C=CCO)n1. The van der Waals surface area contributed by atoms with Gasteiger partial charge in [0.1, 0.15) is 5.01 Å². The van der Waals surface area contributed by atoms with E-state index in [-0.39, 0.29) is 6.61 Å². The van der Waals surface area contributed by atoms with E-state index in [1.807, 2.05) is 0 Å². The highest BCUT2D eigenvalue weighted by Crippen LogP contribution is 2.11. The molecule has 0 atom stereocenters. The number of carbonyl (C=O) groups is 1. The van der Waals surface area contributed by atoms with Crippen LogP contribution in [0, 0.1) is 0 Å². The number of carbonyl (C=O) groups excluding carboxylic acids is 1. The Labute approximate surface area is 79.5 Å². The van der Waals surface area contributed by atoms with Gasteiger partial charge in [-0.3, -0.25) is 0 Å². The topological polar surface area (TPSA) is 59.4 Å². The molecular weight excluding hydrogens is 190 g/mol. The summed E-state index contributed by atoms with van der Waals surface area (Å²) in [5.41, 5.74) is 0.296. The van der Waals surface area contributed by atoms with Crippen LogP contribution in [0.2, 0.25) is 0 Å². The first kappa shape index (κ1) is 9.88. The minimum absolute atomic E-state index is 0.0346. The summed E-state index contributed by atoms with van der Waals surface area (Å²) in [7, 11) is 1.31. The highest BCUT2D eigenvalue weighted by molar-refractivity contribution is 7.10. The average molecular weight is 199 g/mol. The number of thiazole rings is 1. The molecule has 5 heteroatoms. The number of methoxy groups -OCH3 is 1. The summed E-state index contributed by atoms with van der Waals surface area (Å²) in [4.78, 5) is 14.9. The van der Waals surface area contributed by atoms with Crippen molar-refractivity contribution in [2.24, 2.45) is 0 Å². The number of aromatic nitrogens is 1. The van der Waals surface area contributed by atoms with E-state index in [0.29, 0.717) is 10.7 Å². The minimum Gasteiger partial charge on any atom is -0.464 e. The Hall–Kier alpha value is -1.20. The highest BCUT2D eigenvalue weighted by Gasteiger charge is 2.08. The van der Waals surface area contributed by atoms with Gasteiger partial charge < -0.3 is 9.84 Å². The second-order valence-electron chi connectivity index (χ2n) is 2.15. The van der Waals surface area contributed by atoms with E-state index in [0.717, 1.165) is 0 Å². The molecule has 1 aromatic heterocycles. The van der Waals surface area contributed by atoms with E-state index in [9.17, 15) is 4.79 Å². The maximum atomic E-state index is 10.9. The van der Waals surface area contributed by atoms with E-state index < -0.39 is 5.97 Å². The van der Waals surface area contributed by atoms with Crippen molar-refractivity contribution in [3.05, 3.63) is 22.2 Å². The van der Waals surface area contributed by atoms with Crippen LogP contribution in [-0.4, -0.2) is 29.8 Å². The van der Waals surface area contributed by atoms with Crippen molar-refractivity contribution in [1.82, 2.24) is 4.98 Å². The fraction of sp³-hybridized carbons (Fsp3) is 0.250. The van der Waals surface area contributed by atoms with E-state index in [4.69, 9.17) is 5.11 Å². The largest absolute Gasteiger partial charge is 0.464 e. The molecule has 0 spiro atoms. The predicted octanol–water partition coefficient (Wildman–Crippen LogP) is 0.935. The zero-order chi connectivity index (χ0) is 9.68. The van der Waals surface area contributed by atoms with Gasteiger partial charge >= 0.3 is 5.97 Å². The summed E-state index contributed by atoms with van der Waals surface area (Å²) in [6.45, 7) is -0.0346. The van der Waals surface area contributed by atoms with Crippen LogP contribution < -0.4 is 0 Å². The molecule has 0 bridgehead atoms. The lowest BCUT2D eigenvalue weighted by molar-refractivity contribution is 0.0595. The molecule has 1 aromatic rings. The Morgan fingerprint density at radius 2 is 2.62 bits per heavy atom. The number of hydrogen-bond donors (Lipinski definition) is 1. The normalized spacial score (nSPS) is 10.6. The maximum absolute atomic E-state index is 10.9. The third-order valence-corrected chi connectivity index (χ3v) is 2.09. The predicted molar refractivity (Wildman–Crippen MR) is 49.6 cm³/mol. The van der Waals surface area contributed by atoms with E-state index in [1.165, 1.54) is 18.4 Å². The Bertz CT molecular complexity index is 319. The van der Waals surface area contributed by atoms with Crippen molar-refractivity contribution in [3.8, 4) is 0 Å². The Morgan fingerprint density at radius 3 is 3.23 bits per heavy atom. The molecule has 0 saturated heterocycles. The Balaban J connectivity index is 2.74. The number of hydrogen-bond acceptors (Lipinski definition) is 5. The Morgan fingerprint density at radius 1 is 1.85 bits per heavy atom. The van der Waals surface area contributed by atoms with Gasteiger partial charge in [-0.05, 0) is 6.08 Å². The first-order chi connectivity index (χ1) is 6.27. The van der Waals surface area contributed by atoms with Crippen LogP contribution >= 0.6 is 11.3 Å². The zero-order valence-electron chi connectivity index (χ0n) is 7.06. The summed E-state index contributed by atoms with van der Waals surface area (Å²) in [6, 6.07) is 0. The summed E-state index contributed by atoms with van der Waals surface area (Å²) in [6.07, 6.45) is 3.21. The van der Waals surface area contributed by atoms with Crippen LogP contribution in [0.15, 0.2) is 11.5 Å². The third-order valence-electron chi connectivity index (χ3n) is 1.28. The molecule has 0 radical (unpaired) electrons. The average Bonchev–Trinajstić information content (AvgIpc) is 2.62. The molecule has 0 aliphatic rings. The van der Waals surface area contributed by atoms with Crippen molar-refractivity contribution in [3.63, 3.8) is 0 Å². The van der Waals surface area contributed by atoms with Gasteiger partial charge in [0.2, 0.25) is 0 Å². The second-order valence-corrected chi connectivity index (χ2v) is 3.04.